The van der Waals surface area contributed by atoms with Gasteiger partial charge in [-0.2, -0.15) is 4.98 Å². The van der Waals surface area contributed by atoms with Crippen LogP contribution >= 0.6 is 0 Å². The minimum Gasteiger partial charge on any atom is -0.383 e. The summed E-state index contributed by atoms with van der Waals surface area (Å²) in [5.41, 5.74) is 0.934. The summed E-state index contributed by atoms with van der Waals surface area (Å²) in [6, 6.07) is 7.97. The second kappa shape index (κ2) is 6.16. The van der Waals surface area contributed by atoms with Crippen LogP contribution in [0.3, 0.4) is 0 Å². The minimum absolute atomic E-state index is 0.627. The van der Waals surface area contributed by atoms with Crippen LogP contribution in [0.1, 0.15) is 6.92 Å². The molecule has 96 valence electrons. The first kappa shape index (κ1) is 12.6. The van der Waals surface area contributed by atoms with E-state index >= 15 is 0 Å². The Morgan fingerprint density at radius 3 is 2.78 bits per heavy atom. The number of nitrogens with one attached hydrogen (secondary N) is 2. The molecule has 0 bridgehead atoms. The van der Waals surface area contributed by atoms with Gasteiger partial charge in [-0.25, -0.2) is 4.98 Å². The first-order valence-corrected chi connectivity index (χ1v) is 6.08. The average Bonchev–Trinajstić information content (AvgIpc) is 2.39. The standard InChI is InChI=1S/C13H18N4O/c1-3-14-12-10-6-4-5-7-11(10)16-13(17-12)15-8-9-18-2/h4-7H,3,8-9H2,1-2H3,(H2,14,15,16,17). The number of hydrogen-bond donors (Lipinski definition) is 2. The zero-order valence-electron chi connectivity index (χ0n) is 10.7. The molecule has 2 rings (SSSR count). The van der Waals surface area contributed by atoms with Crippen LogP contribution in [0.25, 0.3) is 10.9 Å². The van der Waals surface area contributed by atoms with Gasteiger partial charge in [0, 0.05) is 25.6 Å². The van der Waals surface area contributed by atoms with Crippen LogP contribution in [0, 0.1) is 0 Å². The number of anilines is 2. The SMILES string of the molecule is CCNc1nc(NCCOC)nc2ccccc12. The smallest absolute Gasteiger partial charge is 0.225 e. The van der Waals surface area contributed by atoms with Gasteiger partial charge < -0.3 is 15.4 Å². The highest BCUT2D eigenvalue weighted by Crippen LogP contribution is 2.21. The second-order valence-electron chi connectivity index (χ2n) is 3.86. The number of hydrogen-bond acceptors (Lipinski definition) is 5. The first-order valence-electron chi connectivity index (χ1n) is 6.08. The molecule has 2 aromatic rings. The van der Waals surface area contributed by atoms with Crippen LogP contribution in [0.15, 0.2) is 24.3 Å². The monoisotopic (exact) mass is 246 g/mol. The van der Waals surface area contributed by atoms with Gasteiger partial charge in [0.2, 0.25) is 5.95 Å². The molecule has 0 unspecified atom stereocenters. The van der Waals surface area contributed by atoms with Crippen molar-refractivity contribution in [3.8, 4) is 0 Å². The fourth-order valence-corrected chi connectivity index (χ4v) is 1.72. The fraction of sp³-hybridized carbons (Fsp3) is 0.385. The summed E-state index contributed by atoms with van der Waals surface area (Å²) in [6.07, 6.45) is 0. The third kappa shape index (κ3) is 2.87. The highest BCUT2D eigenvalue weighted by atomic mass is 16.5. The van der Waals surface area contributed by atoms with Crippen molar-refractivity contribution in [2.45, 2.75) is 6.92 Å². The molecule has 1 aromatic carbocycles. The summed E-state index contributed by atoms with van der Waals surface area (Å²) in [6.45, 7) is 4.21. The largest absolute Gasteiger partial charge is 0.383 e. The van der Waals surface area contributed by atoms with Gasteiger partial charge in [0.15, 0.2) is 0 Å². The van der Waals surface area contributed by atoms with E-state index in [1.165, 1.54) is 0 Å². The predicted octanol–water partition coefficient (Wildman–Crippen LogP) is 2.12. The Morgan fingerprint density at radius 2 is 2.00 bits per heavy atom. The Kier molecular flexibility index (Phi) is 4.30. The number of para-hydroxylation sites is 1. The molecule has 5 nitrogen and oxygen atoms in total. The van der Waals surface area contributed by atoms with E-state index in [9.17, 15) is 0 Å². The van der Waals surface area contributed by atoms with Crippen LogP contribution in [-0.2, 0) is 4.74 Å². The molecule has 0 saturated heterocycles. The summed E-state index contributed by atoms with van der Waals surface area (Å²) in [4.78, 5) is 8.95. The normalized spacial score (nSPS) is 10.6. The molecule has 0 fully saturated rings. The molecule has 0 radical (unpaired) electrons. The van der Waals surface area contributed by atoms with E-state index in [0.717, 1.165) is 23.3 Å². The van der Waals surface area contributed by atoms with Crippen LogP contribution in [-0.4, -0.2) is 36.8 Å². The van der Waals surface area contributed by atoms with Gasteiger partial charge in [-0.05, 0) is 19.1 Å². The Bertz CT molecular complexity index is 515. The summed E-state index contributed by atoms with van der Waals surface area (Å²) in [7, 11) is 1.67. The van der Waals surface area contributed by atoms with E-state index in [0.29, 0.717) is 19.1 Å². The topological polar surface area (TPSA) is 59.1 Å². The molecule has 0 aliphatic heterocycles. The van der Waals surface area contributed by atoms with Gasteiger partial charge in [-0.15, -0.1) is 0 Å². The van der Waals surface area contributed by atoms with Crippen LogP contribution in [0.2, 0.25) is 0 Å². The molecule has 0 spiro atoms. The Balaban J connectivity index is 2.31. The second-order valence-corrected chi connectivity index (χ2v) is 3.86. The zero-order chi connectivity index (χ0) is 12.8. The fourth-order valence-electron chi connectivity index (χ4n) is 1.72. The number of benzene rings is 1. The summed E-state index contributed by atoms with van der Waals surface area (Å²) >= 11 is 0. The van der Waals surface area contributed by atoms with E-state index < -0.39 is 0 Å². The first-order chi connectivity index (χ1) is 8.85. The molecular weight excluding hydrogens is 228 g/mol. The van der Waals surface area contributed by atoms with E-state index in [2.05, 4.69) is 27.5 Å². The summed E-state index contributed by atoms with van der Waals surface area (Å²) in [5, 5.41) is 7.45. The third-order valence-corrected chi connectivity index (χ3v) is 2.54. The van der Waals surface area contributed by atoms with Crippen molar-refractivity contribution in [3.05, 3.63) is 24.3 Å². The average molecular weight is 246 g/mol. The van der Waals surface area contributed by atoms with E-state index in [-0.39, 0.29) is 0 Å². The predicted molar refractivity (Wildman–Crippen MR) is 74.1 cm³/mol. The van der Waals surface area contributed by atoms with E-state index in [1.807, 2.05) is 24.3 Å². The molecule has 0 aliphatic carbocycles. The molecule has 0 amide bonds. The Labute approximate surface area is 107 Å². The van der Waals surface area contributed by atoms with Crippen molar-refractivity contribution in [1.29, 1.82) is 0 Å². The highest BCUT2D eigenvalue weighted by molar-refractivity contribution is 5.89. The lowest BCUT2D eigenvalue weighted by Gasteiger charge is -2.10. The molecule has 18 heavy (non-hydrogen) atoms. The lowest BCUT2D eigenvalue weighted by Crippen LogP contribution is -2.11. The van der Waals surface area contributed by atoms with Gasteiger partial charge in [-0.3, -0.25) is 0 Å². The van der Waals surface area contributed by atoms with Gasteiger partial charge >= 0.3 is 0 Å². The van der Waals surface area contributed by atoms with Gasteiger partial charge in [0.25, 0.3) is 0 Å². The maximum atomic E-state index is 5.00. The molecule has 2 N–H and O–H groups in total. The number of aromatic nitrogens is 2. The summed E-state index contributed by atoms with van der Waals surface area (Å²) in [5.74, 6) is 1.49. The Hall–Kier alpha value is -1.88. The Morgan fingerprint density at radius 1 is 1.17 bits per heavy atom. The molecule has 1 heterocycles. The maximum absolute atomic E-state index is 5.00. The molecule has 0 aliphatic rings. The lowest BCUT2D eigenvalue weighted by molar-refractivity contribution is 0.210. The molecule has 5 heteroatoms. The van der Waals surface area contributed by atoms with Crippen molar-refractivity contribution >= 4 is 22.7 Å². The van der Waals surface area contributed by atoms with E-state index in [1.54, 1.807) is 7.11 Å². The molecular formula is C13H18N4O. The van der Waals surface area contributed by atoms with Crippen molar-refractivity contribution < 1.29 is 4.74 Å². The van der Waals surface area contributed by atoms with Gasteiger partial charge in [0.05, 0.1) is 12.1 Å². The van der Waals surface area contributed by atoms with Crippen molar-refractivity contribution in [3.63, 3.8) is 0 Å². The molecule has 1 aromatic heterocycles. The van der Waals surface area contributed by atoms with Crippen LogP contribution in [0.4, 0.5) is 11.8 Å². The number of methoxy groups -OCH3 is 1. The molecule has 0 atom stereocenters. The van der Waals surface area contributed by atoms with Crippen LogP contribution < -0.4 is 10.6 Å². The quantitative estimate of drug-likeness (QED) is 0.765. The third-order valence-electron chi connectivity index (χ3n) is 2.54. The van der Waals surface area contributed by atoms with Crippen molar-refractivity contribution in [2.24, 2.45) is 0 Å². The number of nitrogens with zero attached hydrogens (tertiary/aromatic N) is 2. The summed E-state index contributed by atoms with van der Waals surface area (Å²) < 4.78 is 5.00. The number of rotatable bonds is 6. The number of ether oxygens (including phenoxy) is 1. The van der Waals surface area contributed by atoms with Crippen molar-refractivity contribution in [2.75, 3.05) is 37.4 Å². The van der Waals surface area contributed by atoms with Gasteiger partial charge in [0.1, 0.15) is 5.82 Å². The highest BCUT2D eigenvalue weighted by Gasteiger charge is 2.05. The number of fused-ring (bicyclic) bond motifs is 1. The zero-order valence-corrected chi connectivity index (χ0v) is 10.7. The minimum atomic E-state index is 0.627. The van der Waals surface area contributed by atoms with Gasteiger partial charge in [-0.1, -0.05) is 12.1 Å². The van der Waals surface area contributed by atoms with E-state index in [4.69, 9.17) is 4.74 Å². The van der Waals surface area contributed by atoms with Crippen molar-refractivity contribution in [1.82, 2.24) is 9.97 Å². The van der Waals surface area contributed by atoms with Crippen LogP contribution in [0.5, 0.6) is 0 Å². The maximum Gasteiger partial charge on any atom is 0.225 e. The molecule has 0 saturated carbocycles. The lowest BCUT2D eigenvalue weighted by atomic mass is 10.2.